The standard InChI is InChI=1S/C10H8O2/c1-2-3-4-5-6-7-8-9-10(11)12/h8-9H2,1H3,(H,11,12). The van der Waals surface area contributed by atoms with E-state index in [1.807, 2.05) is 0 Å². The molecule has 0 unspecified atom stereocenters. The molecule has 0 bridgehead atoms. The van der Waals surface area contributed by atoms with Gasteiger partial charge in [-0.15, -0.1) is 0 Å². The molecule has 2 nitrogen and oxygen atoms in total. The predicted octanol–water partition coefficient (Wildman–Crippen LogP) is 0.881. The van der Waals surface area contributed by atoms with Crippen LogP contribution in [0, 0.1) is 35.5 Å². The zero-order valence-electron chi connectivity index (χ0n) is 6.77. The van der Waals surface area contributed by atoms with E-state index in [-0.39, 0.29) is 6.42 Å². The molecule has 0 aliphatic rings. The van der Waals surface area contributed by atoms with Crippen molar-refractivity contribution in [3.63, 3.8) is 0 Å². The van der Waals surface area contributed by atoms with E-state index in [1.54, 1.807) is 6.92 Å². The van der Waals surface area contributed by atoms with E-state index in [0.29, 0.717) is 6.42 Å². The summed E-state index contributed by atoms with van der Waals surface area (Å²) in [7, 11) is 0. The van der Waals surface area contributed by atoms with Gasteiger partial charge in [0.2, 0.25) is 0 Å². The van der Waals surface area contributed by atoms with Crippen LogP contribution >= 0.6 is 0 Å². The van der Waals surface area contributed by atoms with Gasteiger partial charge >= 0.3 is 5.97 Å². The molecule has 12 heavy (non-hydrogen) atoms. The van der Waals surface area contributed by atoms with Crippen LogP contribution in [0.25, 0.3) is 0 Å². The number of hydrogen-bond donors (Lipinski definition) is 1. The lowest BCUT2D eigenvalue weighted by Gasteiger charge is -1.80. The molecule has 0 aromatic carbocycles. The van der Waals surface area contributed by atoms with Crippen molar-refractivity contribution in [3.8, 4) is 35.5 Å². The van der Waals surface area contributed by atoms with E-state index in [9.17, 15) is 4.79 Å². The van der Waals surface area contributed by atoms with Gasteiger partial charge in [0.1, 0.15) is 0 Å². The molecule has 0 aliphatic carbocycles. The largest absolute Gasteiger partial charge is 0.481 e. The van der Waals surface area contributed by atoms with Crippen molar-refractivity contribution in [1.29, 1.82) is 0 Å². The minimum Gasteiger partial charge on any atom is -0.481 e. The Labute approximate surface area is 72.0 Å². The van der Waals surface area contributed by atoms with Crippen molar-refractivity contribution in [2.75, 3.05) is 0 Å². The van der Waals surface area contributed by atoms with Crippen molar-refractivity contribution in [2.24, 2.45) is 0 Å². The lowest BCUT2D eigenvalue weighted by Crippen LogP contribution is -1.91. The van der Waals surface area contributed by atoms with Crippen molar-refractivity contribution >= 4 is 5.97 Å². The summed E-state index contributed by atoms with van der Waals surface area (Å²) in [5.74, 6) is 14.3. The number of rotatable bonds is 2. The van der Waals surface area contributed by atoms with Crippen LogP contribution in [0.2, 0.25) is 0 Å². The Morgan fingerprint density at radius 2 is 1.92 bits per heavy atom. The maximum atomic E-state index is 10.0. The summed E-state index contributed by atoms with van der Waals surface area (Å²) in [5, 5.41) is 8.23. The molecule has 0 atom stereocenters. The van der Waals surface area contributed by atoms with Gasteiger partial charge in [-0.25, -0.2) is 0 Å². The van der Waals surface area contributed by atoms with Gasteiger partial charge in [0.15, 0.2) is 0 Å². The lowest BCUT2D eigenvalue weighted by molar-refractivity contribution is -0.136. The molecule has 0 heterocycles. The first kappa shape index (κ1) is 10.2. The molecule has 0 radical (unpaired) electrons. The molecular weight excluding hydrogens is 152 g/mol. The molecule has 0 fully saturated rings. The van der Waals surface area contributed by atoms with Crippen LogP contribution in [0.5, 0.6) is 0 Å². The molecule has 0 rings (SSSR count). The third kappa shape index (κ3) is 8.15. The second kappa shape index (κ2) is 7.26. The monoisotopic (exact) mass is 160 g/mol. The summed E-state index contributed by atoms with van der Waals surface area (Å²) in [4.78, 5) is 10.0. The average Bonchev–Trinajstić information content (AvgIpc) is 2.02. The molecule has 0 aliphatic heterocycles. The number of carboxylic acid groups (broad SMARTS) is 1. The van der Waals surface area contributed by atoms with Crippen LogP contribution in [0.3, 0.4) is 0 Å². The first-order valence-electron chi connectivity index (χ1n) is 3.38. The summed E-state index contributed by atoms with van der Waals surface area (Å²) in [6.45, 7) is 1.69. The Morgan fingerprint density at radius 3 is 2.50 bits per heavy atom. The summed E-state index contributed by atoms with van der Waals surface area (Å²) in [6.07, 6.45) is 0.400. The third-order valence-corrected chi connectivity index (χ3v) is 0.865. The summed E-state index contributed by atoms with van der Waals surface area (Å²) in [6, 6.07) is 0. The zero-order valence-corrected chi connectivity index (χ0v) is 6.77. The minimum atomic E-state index is -0.842. The van der Waals surface area contributed by atoms with E-state index in [0.717, 1.165) is 0 Å². The van der Waals surface area contributed by atoms with Gasteiger partial charge in [-0.05, 0) is 30.6 Å². The Bertz CT molecular complexity index is 320. The van der Waals surface area contributed by atoms with Crippen LogP contribution in [0.15, 0.2) is 0 Å². The molecular formula is C10H8O2. The Kier molecular flexibility index (Phi) is 6.14. The van der Waals surface area contributed by atoms with Crippen LogP contribution in [-0.2, 0) is 4.79 Å². The maximum Gasteiger partial charge on any atom is 0.304 e. The summed E-state index contributed by atoms with van der Waals surface area (Å²) in [5.41, 5.74) is 0. The van der Waals surface area contributed by atoms with Gasteiger partial charge in [-0.2, -0.15) is 0 Å². The summed E-state index contributed by atoms with van der Waals surface area (Å²) >= 11 is 0. The smallest absolute Gasteiger partial charge is 0.304 e. The fraction of sp³-hybridized carbons (Fsp3) is 0.300. The molecule has 60 valence electrons. The molecule has 1 N–H and O–H groups in total. The fourth-order valence-electron chi connectivity index (χ4n) is 0.401. The molecule has 0 saturated heterocycles. The molecule has 2 heteroatoms. The first-order chi connectivity index (χ1) is 5.77. The van der Waals surface area contributed by atoms with Gasteiger partial charge < -0.3 is 5.11 Å². The van der Waals surface area contributed by atoms with Gasteiger partial charge in [-0.3, -0.25) is 4.79 Å². The normalized spacial score (nSPS) is 6.08. The fourth-order valence-corrected chi connectivity index (χ4v) is 0.401. The highest BCUT2D eigenvalue weighted by Crippen LogP contribution is 1.83. The topological polar surface area (TPSA) is 37.3 Å². The Balaban J connectivity index is 3.68. The highest BCUT2D eigenvalue weighted by Gasteiger charge is 1.90. The maximum absolute atomic E-state index is 10.0. The molecule has 0 aromatic heterocycles. The summed E-state index contributed by atoms with van der Waals surface area (Å²) < 4.78 is 0. The highest BCUT2D eigenvalue weighted by molar-refractivity contribution is 5.67. The van der Waals surface area contributed by atoms with Crippen LogP contribution in [0.4, 0.5) is 0 Å². The van der Waals surface area contributed by atoms with Gasteiger partial charge in [0.05, 0.1) is 6.42 Å². The predicted molar refractivity (Wildman–Crippen MR) is 45.9 cm³/mol. The second-order valence-corrected chi connectivity index (χ2v) is 1.82. The Hall–Kier alpha value is -1.85. The quantitative estimate of drug-likeness (QED) is 0.609. The molecule has 0 spiro atoms. The SMILES string of the molecule is CC#CC#CC#CCCC(=O)O. The van der Waals surface area contributed by atoms with Crippen LogP contribution < -0.4 is 0 Å². The number of carboxylic acids is 1. The first-order valence-corrected chi connectivity index (χ1v) is 3.38. The van der Waals surface area contributed by atoms with E-state index in [1.165, 1.54) is 0 Å². The highest BCUT2D eigenvalue weighted by atomic mass is 16.4. The van der Waals surface area contributed by atoms with Crippen molar-refractivity contribution in [2.45, 2.75) is 19.8 Å². The van der Waals surface area contributed by atoms with Crippen molar-refractivity contribution in [3.05, 3.63) is 0 Å². The lowest BCUT2D eigenvalue weighted by atomic mass is 10.3. The van der Waals surface area contributed by atoms with Crippen LogP contribution in [0.1, 0.15) is 19.8 Å². The van der Waals surface area contributed by atoms with Gasteiger partial charge in [-0.1, -0.05) is 11.8 Å². The van der Waals surface area contributed by atoms with E-state index < -0.39 is 5.97 Å². The van der Waals surface area contributed by atoms with Crippen molar-refractivity contribution in [1.82, 2.24) is 0 Å². The second-order valence-electron chi connectivity index (χ2n) is 1.82. The zero-order chi connectivity index (χ0) is 9.23. The third-order valence-electron chi connectivity index (χ3n) is 0.865. The van der Waals surface area contributed by atoms with Crippen molar-refractivity contribution < 1.29 is 9.90 Å². The minimum absolute atomic E-state index is 0.0636. The van der Waals surface area contributed by atoms with Crippen LogP contribution in [-0.4, -0.2) is 11.1 Å². The van der Waals surface area contributed by atoms with Gasteiger partial charge in [0.25, 0.3) is 0 Å². The number of aliphatic carboxylic acids is 1. The average molecular weight is 160 g/mol. The molecule has 0 saturated carbocycles. The van der Waals surface area contributed by atoms with E-state index in [4.69, 9.17) is 5.11 Å². The van der Waals surface area contributed by atoms with E-state index in [2.05, 4.69) is 35.5 Å². The number of carbonyl (C=O) groups is 1. The molecule has 0 amide bonds. The number of hydrogen-bond acceptors (Lipinski definition) is 1. The Morgan fingerprint density at radius 1 is 1.25 bits per heavy atom. The molecule has 0 aromatic rings. The van der Waals surface area contributed by atoms with E-state index >= 15 is 0 Å². The van der Waals surface area contributed by atoms with Gasteiger partial charge in [0, 0.05) is 6.42 Å².